The van der Waals surface area contributed by atoms with Gasteiger partial charge in [0.1, 0.15) is 0 Å². The molecule has 0 atom stereocenters. The van der Waals surface area contributed by atoms with Crippen molar-refractivity contribution in [3.63, 3.8) is 0 Å². The Morgan fingerprint density at radius 3 is 2.30 bits per heavy atom. The summed E-state index contributed by atoms with van der Waals surface area (Å²) in [5, 5.41) is 6.62. The molecule has 4 nitrogen and oxygen atoms in total. The van der Waals surface area contributed by atoms with Crippen LogP contribution in [0.5, 0.6) is 11.6 Å². The molecule has 0 radical (unpaired) electrons. The van der Waals surface area contributed by atoms with E-state index in [1.54, 1.807) is 20.0 Å². The first-order valence-corrected chi connectivity index (χ1v) is 7.32. The number of aromatic nitrogens is 2. The third-order valence-electron chi connectivity index (χ3n) is 2.80. The number of hydrogen-bond acceptors (Lipinski definition) is 3. The van der Waals surface area contributed by atoms with Gasteiger partial charge in [0.2, 0.25) is 5.88 Å². The van der Waals surface area contributed by atoms with E-state index in [1.807, 2.05) is 0 Å². The van der Waals surface area contributed by atoms with Crippen molar-refractivity contribution in [1.82, 2.24) is 15.1 Å². The first kappa shape index (κ1) is 17.8. The molecule has 0 saturated heterocycles. The Bertz CT molecular complexity index is 738. The average molecular weight is 384 g/mol. The normalized spacial score (nSPS) is 11.4. The molecule has 0 aliphatic carbocycles. The topological polar surface area (TPSA) is 39.1 Å². The fraction of sp³-hybridized carbons (Fsp3) is 0.231. The maximum atomic E-state index is 12.7. The molecular weight excluding hydrogens is 374 g/mol. The Labute approximate surface area is 145 Å². The molecule has 0 spiro atoms. The van der Waals surface area contributed by atoms with Gasteiger partial charge < -0.3 is 10.1 Å². The zero-order valence-corrected chi connectivity index (χ0v) is 14.2. The highest BCUT2D eigenvalue weighted by Crippen LogP contribution is 2.41. The molecule has 1 N–H and O–H groups in total. The summed E-state index contributed by atoms with van der Waals surface area (Å²) in [6.45, 7) is 1.74. The quantitative estimate of drug-likeness (QED) is 0.765. The van der Waals surface area contributed by atoms with Crippen LogP contribution in [0.2, 0.25) is 10.0 Å². The average Bonchev–Trinajstić information content (AvgIpc) is 2.81. The van der Waals surface area contributed by atoms with Gasteiger partial charge in [-0.15, -0.1) is 5.10 Å². The fourth-order valence-corrected chi connectivity index (χ4v) is 2.48. The Morgan fingerprint density at radius 1 is 1.26 bits per heavy atom. The van der Waals surface area contributed by atoms with Crippen LogP contribution < -0.4 is 10.1 Å². The first-order chi connectivity index (χ1) is 10.6. The second kappa shape index (κ2) is 6.54. The van der Waals surface area contributed by atoms with E-state index in [9.17, 15) is 13.2 Å². The van der Waals surface area contributed by atoms with E-state index in [1.165, 1.54) is 4.68 Å². The minimum atomic E-state index is -4.55. The molecule has 0 bridgehead atoms. The summed E-state index contributed by atoms with van der Waals surface area (Å²) in [5.74, 6) is -0.00924. The number of hydrogen-bond donors (Lipinski definition) is 1. The van der Waals surface area contributed by atoms with Gasteiger partial charge in [-0.25, -0.2) is 4.68 Å². The van der Waals surface area contributed by atoms with Crippen molar-refractivity contribution in [2.45, 2.75) is 13.1 Å². The highest BCUT2D eigenvalue weighted by molar-refractivity contribution is 7.80. The van der Waals surface area contributed by atoms with Crippen LogP contribution in [0, 0.1) is 6.92 Å². The van der Waals surface area contributed by atoms with Crippen molar-refractivity contribution in [2.75, 3.05) is 7.05 Å². The molecule has 0 unspecified atom stereocenters. The number of thiocarbonyl (C=S) groups is 1. The summed E-state index contributed by atoms with van der Waals surface area (Å²) in [4.78, 5) is 0. The van der Waals surface area contributed by atoms with Crippen LogP contribution in [0.3, 0.4) is 0 Å². The van der Waals surface area contributed by atoms with Gasteiger partial charge in [-0.2, -0.15) is 13.2 Å². The molecule has 10 heteroatoms. The predicted molar refractivity (Wildman–Crippen MR) is 85.6 cm³/mol. The van der Waals surface area contributed by atoms with E-state index >= 15 is 0 Å². The first-order valence-electron chi connectivity index (χ1n) is 6.16. The molecule has 0 fully saturated rings. The maximum Gasteiger partial charge on any atom is 0.416 e. The molecular formula is C13H10Cl2F3N3OS. The molecule has 0 saturated carbocycles. The highest BCUT2D eigenvalue weighted by Gasteiger charge is 2.32. The van der Waals surface area contributed by atoms with Gasteiger partial charge in [0.15, 0.2) is 10.9 Å². The third kappa shape index (κ3) is 3.88. The number of benzene rings is 1. The number of rotatable bonds is 2. The number of halogens is 5. The number of alkyl halides is 3. The zero-order chi connectivity index (χ0) is 17.4. The van der Waals surface area contributed by atoms with Gasteiger partial charge in [0, 0.05) is 18.8 Å². The number of nitrogens with one attached hydrogen (secondary N) is 1. The lowest BCUT2D eigenvalue weighted by Gasteiger charge is -2.11. The molecule has 1 aromatic carbocycles. The Balaban J connectivity index is 2.36. The van der Waals surface area contributed by atoms with Gasteiger partial charge in [-0.05, 0) is 31.3 Å². The van der Waals surface area contributed by atoms with Crippen molar-refractivity contribution in [3.05, 3.63) is 39.5 Å². The summed E-state index contributed by atoms with van der Waals surface area (Å²) in [6, 6.07) is 3.03. The number of aryl methyl sites for hydroxylation is 1. The van der Waals surface area contributed by atoms with Crippen LogP contribution in [0.1, 0.15) is 11.3 Å². The van der Waals surface area contributed by atoms with Gasteiger partial charge in [0.25, 0.3) is 0 Å². The van der Waals surface area contributed by atoms with E-state index in [0.717, 1.165) is 12.1 Å². The second-order valence-electron chi connectivity index (χ2n) is 4.46. The second-order valence-corrected chi connectivity index (χ2v) is 5.66. The largest absolute Gasteiger partial charge is 0.434 e. The van der Waals surface area contributed by atoms with Crippen LogP contribution >= 0.6 is 35.4 Å². The molecule has 1 aromatic heterocycles. The van der Waals surface area contributed by atoms with Gasteiger partial charge >= 0.3 is 6.18 Å². The predicted octanol–water partition coefficient (Wildman–Crippen LogP) is 4.66. The van der Waals surface area contributed by atoms with Gasteiger partial charge in [-0.3, -0.25) is 0 Å². The smallest absolute Gasteiger partial charge is 0.416 e. The van der Waals surface area contributed by atoms with Crippen molar-refractivity contribution < 1.29 is 17.9 Å². The molecule has 124 valence electrons. The summed E-state index contributed by atoms with van der Waals surface area (Å²) in [6.07, 6.45) is -4.55. The maximum absolute atomic E-state index is 12.7. The molecule has 0 amide bonds. The number of nitrogens with zero attached hydrogens (tertiary/aromatic N) is 2. The lowest BCUT2D eigenvalue weighted by molar-refractivity contribution is -0.137. The Kier molecular flexibility index (Phi) is 5.07. The minimum absolute atomic E-state index is 0.101. The Hall–Kier alpha value is -1.51. The van der Waals surface area contributed by atoms with Crippen molar-refractivity contribution in [1.29, 1.82) is 0 Å². The summed E-state index contributed by atoms with van der Waals surface area (Å²) in [5.41, 5.74) is -0.295. The lowest BCUT2D eigenvalue weighted by Crippen LogP contribution is -2.26. The highest BCUT2D eigenvalue weighted by atomic mass is 35.5. The number of ether oxygens (including phenoxy) is 1. The summed E-state index contributed by atoms with van der Waals surface area (Å²) >= 11 is 16.7. The minimum Gasteiger partial charge on any atom is -0.434 e. The fourth-order valence-electron chi connectivity index (χ4n) is 1.73. The van der Waals surface area contributed by atoms with Crippen LogP contribution in [0.4, 0.5) is 13.2 Å². The van der Waals surface area contributed by atoms with E-state index in [0.29, 0.717) is 10.8 Å². The van der Waals surface area contributed by atoms with Crippen LogP contribution in [0.15, 0.2) is 18.2 Å². The van der Waals surface area contributed by atoms with Gasteiger partial charge in [-0.1, -0.05) is 23.2 Å². The van der Waals surface area contributed by atoms with Crippen LogP contribution in [0.25, 0.3) is 0 Å². The van der Waals surface area contributed by atoms with Crippen molar-refractivity contribution in [3.8, 4) is 11.6 Å². The van der Waals surface area contributed by atoms with Crippen LogP contribution in [-0.2, 0) is 6.18 Å². The lowest BCUT2D eigenvalue weighted by atomic mass is 10.2. The standard InChI is InChI=1S/C13H10Cl2F3N3OS/c1-6-3-10(20-21(6)12(23)19-2)22-11-8(14)4-7(5-9(11)15)13(16,17)18/h3-5H,1-2H3,(H,19,23). The van der Waals surface area contributed by atoms with Crippen molar-refractivity contribution in [2.24, 2.45) is 0 Å². The molecule has 23 heavy (non-hydrogen) atoms. The third-order valence-corrected chi connectivity index (χ3v) is 3.74. The Morgan fingerprint density at radius 2 is 1.83 bits per heavy atom. The molecule has 2 rings (SSSR count). The van der Waals surface area contributed by atoms with E-state index in [-0.39, 0.29) is 21.7 Å². The van der Waals surface area contributed by atoms with Crippen LogP contribution in [-0.4, -0.2) is 21.9 Å². The molecule has 0 aliphatic heterocycles. The SMILES string of the molecule is CNC(=S)n1nc(Oc2c(Cl)cc(C(F)(F)F)cc2Cl)cc1C. The molecule has 0 aliphatic rings. The van der Waals surface area contributed by atoms with E-state index in [2.05, 4.69) is 10.4 Å². The van der Waals surface area contributed by atoms with Gasteiger partial charge in [0.05, 0.1) is 15.6 Å². The molecule has 2 aromatic rings. The monoisotopic (exact) mass is 383 g/mol. The zero-order valence-electron chi connectivity index (χ0n) is 11.8. The van der Waals surface area contributed by atoms with Crippen molar-refractivity contribution >= 4 is 40.5 Å². The summed E-state index contributed by atoms with van der Waals surface area (Å²) in [7, 11) is 1.63. The van der Waals surface area contributed by atoms with E-state index < -0.39 is 11.7 Å². The summed E-state index contributed by atoms with van der Waals surface area (Å²) < 4.78 is 44.9. The molecule has 1 heterocycles. The van der Waals surface area contributed by atoms with E-state index in [4.69, 9.17) is 40.2 Å².